The molecule has 1 saturated heterocycles. The summed E-state index contributed by atoms with van der Waals surface area (Å²) in [5.74, 6) is 1.75. The fourth-order valence-corrected chi connectivity index (χ4v) is 2.72. The Hall–Kier alpha value is -0.720. The van der Waals surface area contributed by atoms with Gasteiger partial charge < -0.3 is 10.1 Å². The van der Waals surface area contributed by atoms with Crippen LogP contribution in [0.3, 0.4) is 0 Å². The number of rotatable bonds is 6. The number of likely N-dealkylation sites (N-methyl/N-ethyl adjacent to an activating group) is 1. The number of halogens is 1. The van der Waals surface area contributed by atoms with Crippen LogP contribution in [-0.2, 0) is 11.2 Å². The van der Waals surface area contributed by atoms with E-state index in [2.05, 4.69) is 50.0 Å². The predicted octanol–water partition coefficient (Wildman–Crippen LogP) is 2.32. The van der Waals surface area contributed by atoms with Crippen LogP contribution in [0.25, 0.3) is 0 Å². The SMILES string of the molecule is CCCc1nc(Br)cc(NCC2CN(CC)CCO2)n1. The first-order chi connectivity index (χ1) is 9.71. The number of aromatic nitrogens is 2. The van der Waals surface area contributed by atoms with Crippen molar-refractivity contribution in [3.63, 3.8) is 0 Å². The van der Waals surface area contributed by atoms with Gasteiger partial charge in [0.15, 0.2) is 0 Å². The second-order valence-corrected chi connectivity index (χ2v) is 5.82. The molecule has 1 N–H and O–H groups in total. The van der Waals surface area contributed by atoms with E-state index in [1.807, 2.05) is 6.07 Å². The van der Waals surface area contributed by atoms with Crippen LogP contribution in [0.2, 0.25) is 0 Å². The zero-order chi connectivity index (χ0) is 14.4. The number of hydrogen-bond donors (Lipinski definition) is 1. The highest BCUT2D eigenvalue weighted by Crippen LogP contribution is 2.14. The lowest BCUT2D eigenvalue weighted by atomic mass is 10.2. The maximum absolute atomic E-state index is 5.78. The van der Waals surface area contributed by atoms with Gasteiger partial charge in [-0.3, -0.25) is 4.90 Å². The minimum Gasteiger partial charge on any atom is -0.374 e. The molecule has 0 radical (unpaired) electrons. The van der Waals surface area contributed by atoms with E-state index < -0.39 is 0 Å². The minimum atomic E-state index is 0.229. The third kappa shape index (κ3) is 4.68. The third-order valence-electron chi connectivity index (χ3n) is 3.40. The van der Waals surface area contributed by atoms with Crippen LogP contribution in [0.5, 0.6) is 0 Å². The van der Waals surface area contributed by atoms with Crippen molar-refractivity contribution in [1.29, 1.82) is 0 Å². The Morgan fingerprint density at radius 2 is 2.30 bits per heavy atom. The Labute approximate surface area is 129 Å². The van der Waals surface area contributed by atoms with E-state index in [4.69, 9.17) is 4.74 Å². The Morgan fingerprint density at radius 3 is 3.05 bits per heavy atom. The first-order valence-electron chi connectivity index (χ1n) is 7.32. The molecule has 0 aliphatic carbocycles. The minimum absolute atomic E-state index is 0.229. The lowest BCUT2D eigenvalue weighted by Gasteiger charge is -2.32. The summed E-state index contributed by atoms with van der Waals surface area (Å²) in [5.41, 5.74) is 0. The van der Waals surface area contributed by atoms with Crippen LogP contribution >= 0.6 is 15.9 Å². The number of ether oxygens (including phenoxy) is 1. The standard InChI is InChI=1S/C14H23BrN4O/c1-3-5-13-17-12(15)8-14(18-13)16-9-11-10-19(4-2)6-7-20-11/h8,11H,3-7,9-10H2,1-2H3,(H,16,17,18). The van der Waals surface area contributed by atoms with Crippen molar-refractivity contribution in [2.75, 3.05) is 38.1 Å². The van der Waals surface area contributed by atoms with Crippen molar-refractivity contribution >= 4 is 21.7 Å². The smallest absolute Gasteiger partial charge is 0.132 e. The Morgan fingerprint density at radius 1 is 1.45 bits per heavy atom. The molecule has 112 valence electrons. The van der Waals surface area contributed by atoms with Crippen molar-refractivity contribution in [1.82, 2.24) is 14.9 Å². The van der Waals surface area contributed by atoms with E-state index in [1.165, 1.54) is 0 Å². The van der Waals surface area contributed by atoms with Crippen LogP contribution in [0, 0.1) is 0 Å². The fourth-order valence-electron chi connectivity index (χ4n) is 2.30. The summed E-state index contributed by atoms with van der Waals surface area (Å²) in [6.07, 6.45) is 2.18. The zero-order valence-corrected chi connectivity index (χ0v) is 13.8. The van der Waals surface area contributed by atoms with Gasteiger partial charge in [0, 0.05) is 32.1 Å². The van der Waals surface area contributed by atoms with Crippen molar-refractivity contribution in [3.8, 4) is 0 Å². The number of anilines is 1. The number of hydrogen-bond acceptors (Lipinski definition) is 5. The molecular formula is C14H23BrN4O. The fraction of sp³-hybridized carbons (Fsp3) is 0.714. The molecule has 0 aromatic carbocycles. The number of nitrogens with one attached hydrogen (secondary N) is 1. The summed E-state index contributed by atoms with van der Waals surface area (Å²) in [4.78, 5) is 11.3. The molecule has 1 aromatic heterocycles. The Kier molecular flexibility index (Phi) is 6.19. The van der Waals surface area contributed by atoms with Gasteiger partial charge in [0.25, 0.3) is 0 Å². The molecule has 1 fully saturated rings. The van der Waals surface area contributed by atoms with Crippen molar-refractivity contribution < 1.29 is 4.74 Å². The number of nitrogens with zero attached hydrogens (tertiary/aromatic N) is 3. The molecule has 2 heterocycles. The maximum atomic E-state index is 5.78. The maximum Gasteiger partial charge on any atom is 0.132 e. The molecule has 6 heteroatoms. The van der Waals surface area contributed by atoms with Crippen molar-refractivity contribution in [3.05, 3.63) is 16.5 Å². The highest BCUT2D eigenvalue weighted by Gasteiger charge is 2.19. The van der Waals surface area contributed by atoms with Gasteiger partial charge >= 0.3 is 0 Å². The van der Waals surface area contributed by atoms with E-state index in [1.54, 1.807) is 0 Å². The van der Waals surface area contributed by atoms with Gasteiger partial charge in [-0.05, 0) is 28.9 Å². The highest BCUT2D eigenvalue weighted by atomic mass is 79.9. The van der Waals surface area contributed by atoms with Gasteiger partial charge in [-0.1, -0.05) is 13.8 Å². The molecule has 1 unspecified atom stereocenters. The van der Waals surface area contributed by atoms with Crippen molar-refractivity contribution in [2.24, 2.45) is 0 Å². The van der Waals surface area contributed by atoms with Crippen LogP contribution in [-0.4, -0.2) is 53.8 Å². The van der Waals surface area contributed by atoms with E-state index in [9.17, 15) is 0 Å². The molecule has 20 heavy (non-hydrogen) atoms. The van der Waals surface area contributed by atoms with E-state index in [0.717, 1.165) is 61.9 Å². The molecule has 2 rings (SSSR count). The second-order valence-electron chi connectivity index (χ2n) is 5.01. The monoisotopic (exact) mass is 342 g/mol. The van der Waals surface area contributed by atoms with Crippen LogP contribution < -0.4 is 5.32 Å². The van der Waals surface area contributed by atoms with Gasteiger partial charge in [0.05, 0.1) is 12.7 Å². The lowest BCUT2D eigenvalue weighted by molar-refractivity contribution is -0.0192. The summed E-state index contributed by atoms with van der Waals surface area (Å²) in [5, 5.41) is 3.37. The van der Waals surface area contributed by atoms with E-state index >= 15 is 0 Å². The van der Waals surface area contributed by atoms with Gasteiger partial charge in [0.1, 0.15) is 16.2 Å². The van der Waals surface area contributed by atoms with Gasteiger partial charge in [-0.25, -0.2) is 9.97 Å². The third-order valence-corrected chi connectivity index (χ3v) is 3.80. The summed E-state index contributed by atoms with van der Waals surface area (Å²) < 4.78 is 6.61. The average molecular weight is 343 g/mol. The van der Waals surface area contributed by atoms with Crippen LogP contribution in [0.4, 0.5) is 5.82 Å². The van der Waals surface area contributed by atoms with Gasteiger partial charge in [-0.2, -0.15) is 0 Å². The molecule has 5 nitrogen and oxygen atoms in total. The normalized spacial score (nSPS) is 20.1. The summed E-state index contributed by atoms with van der Waals surface area (Å²) >= 11 is 3.44. The molecule has 1 aliphatic heterocycles. The van der Waals surface area contributed by atoms with Crippen LogP contribution in [0.1, 0.15) is 26.1 Å². The Bertz CT molecular complexity index is 430. The molecular weight excluding hydrogens is 320 g/mol. The first kappa shape index (κ1) is 15.7. The topological polar surface area (TPSA) is 50.3 Å². The first-order valence-corrected chi connectivity index (χ1v) is 8.11. The van der Waals surface area contributed by atoms with Crippen LogP contribution in [0.15, 0.2) is 10.7 Å². The number of aryl methyl sites for hydroxylation is 1. The van der Waals surface area contributed by atoms with Gasteiger partial charge in [-0.15, -0.1) is 0 Å². The van der Waals surface area contributed by atoms with E-state index in [-0.39, 0.29) is 6.10 Å². The molecule has 0 spiro atoms. The zero-order valence-electron chi connectivity index (χ0n) is 12.2. The van der Waals surface area contributed by atoms with Gasteiger partial charge in [0.2, 0.25) is 0 Å². The Balaban J connectivity index is 1.89. The quantitative estimate of drug-likeness (QED) is 0.804. The summed E-state index contributed by atoms with van der Waals surface area (Å²) in [6.45, 7) is 9.02. The van der Waals surface area contributed by atoms with Crippen molar-refractivity contribution in [2.45, 2.75) is 32.8 Å². The lowest BCUT2D eigenvalue weighted by Crippen LogP contribution is -2.45. The number of morpholine rings is 1. The van der Waals surface area contributed by atoms with E-state index in [0.29, 0.717) is 0 Å². The summed E-state index contributed by atoms with van der Waals surface area (Å²) in [7, 11) is 0. The highest BCUT2D eigenvalue weighted by molar-refractivity contribution is 9.10. The summed E-state index contributed by atoms with van der Waals surface area (Å²) in [6, 6.07) is 1.92. The molecule has 1 aromatic rings. The molecule has 0 amide bonds. The molecule has 1 atom stereocenters. The molecule has 1 aliphatic rings. The predicted molar refractivity (Wildman–Crippen MR) is 84.1 cm³/mol. The molecule has 0 bridgehead atoms. The average Bonchev–Trinajstić information content (AvgIpc) is 2.45. The second kappa shape index (κ2) is 7.90. The largest absolute Gasteiger partial charge is 0.374 e. The molecule has 0 saturated carbocycles.